The Hall–Kier alpha value is -0.870. The number of nitrogens with two attached hydrogens (primary N) is 1. The van der Waals surface area contributed by atoms with Crippen LogP contribution in [0.1, 0.15) is 24.7 Å². The first kappa shape index (κ1) is 11.6. The van der Waals surface area contributed by atoms with Gasteiger partial charge in [-0.15, -0.1) is 0 Å². The molecule has 86 valence electrons. The highest BCUT2D eigenvalue weighted by molar-refractivity contribution is 9.10. The maximum atomic E-state index is 5.93. The van der Waals surface area contributed by atoms with Crippen LogP contribution in [0.15, 0.2) is 16.6 Å². The average molecular weight is 282 g/mol. The zero-order chi connectivity index (χ0) is 11.7. The zero-order valence-corrected chi connectivity index (χ0v) is 11.1. The van der Waals surface area contributed by atoms with Gasteiger partial charge in [0.2, 0.25) is 0 Å². The molecule has 0 bridgehead atoms. The molecule has 1 aromatic heterocycles. The lowest BCUT2D eigenvalue weighted by molar-refractivity contribution is 0.630. The lowest BCUT2D eigenvalue weighted by atomic mass is 10.2. The first-order valence-electron chi connectivity index (χ1n) is 5.50. The normalized spacial score (nSPS) is 13.2. The summed E-state index contributed by atoms with van der Waals surface area (Å²) in [5.41, 5.74) is 9.22. The number of aromatic nitrogens is 2. The smallest absolute Gasteiger partial charge is 0.108 e. The third-order valence-electron chi connectivity index (χ3n) is 2.77. The number of halogens is 1. The molecule has 0 aliphatic heterocycles. The van der Waals surface area contributed by atoms with Gasteiger partial charge >= 0.3 is 0 Å². The van der Waals surface area contributed by atoms with E-state index in [1.165, 1.54) is 5.56 Å². The molecule has 2 rings (SSSR count). The average Bonchev–Trinajstić information content (AvgIpc) is 2.60. The van der Waals surface area contributed by atoms with Crippen LogP contribution in [0.2, 0.25) is 0 Å². The SMILES string of the molecule is CCC(N)Cc1nc2c(C)cc(Br)cc2[nH]1. The first-order valence-corrected chi connectivity index (χ1v) is 6.29. The molecule has 0 radical (unpaired) electrons. The van der Waals surface area contributed by atoms with Gasteiger partial charge < -0.3 is 10.7 Å². The van der Waals surface area contributed by atoms with E-state index in [9.17, 15) is 0 Å². The highest BCUT2D eigenvalue weighted by atomic mass is 79.9. The van der Waals surface area contributed by atoms with Gasteiger partial charge in [-0.3, -0.25) is 0 Å². The van der Waals surface area contributed by atoms with E-state index in [2.05, 4.69) is 51.9 Å². The molecule has 2 aromatic rings. The van der Waals surface area contributed by atoms with Crippen LogP contribution >= 0.6 is 15.9 Å². The zero-order valence-electron chi connectivity index (χ0n) is 9.55. The number of benzene rings is 1. The van der Waals surface area contributed by atoms with Gasteiger partial charge in [0.1, 0.15) is 5.82 Å². The molecule has 0 aliphatic carbocycles. The van der Waals surface area contributed by atoms with Crippen molar-refractivity contribution in [2.75, 3.05) is 0 Å². The highest BCUT2D eigenvalue weighted by Crippen LogP contribution is 2.22. The Labute approximate surface area is 104 Å². The number of aromatic amines is 1. The molecule has 1 atom stereocenters. The molecule has 1 heterocycles. The molecular weight excluding hydrogens is 266 g/mol. The standard InChI is InChI=1S/C12H16BrN3/c1-3-9(14)6-11-15-10-5-8(13)4-7(2)12(10)16-11/h4-5,9H,3,6,14H2,1-2H3,(H,15,16). The van der Waals surface area contributed by atoms with Crippen molar-refractivity contribution in [3.8, 4) is 0 Å². The summed E-state index contributed by atoms with van der Waals surface area (Å²) >= 11 is 3.48. The van der Waals surface area contributed by atoms with E-state index in [1.54, 1.807) is 0 Å². The van der Waals surface area contributed by atoms with Gasteiger partial charge in [0.15, 0.2) is 0 Å². The summed E-state index contributed by atoms with van der Waals surface area (Å²) in [6, 6.07) is 4.31. The van der Waals surface area contributed by atoms with Gasteiger partial charge in [0.25, 0.3) is 0 Å². The Bertz CT molecular complexity index is 504. The fraction of sp³-hybridized carbons (Fsp3) is 0.417. The molecule has 1 aromatic carbocycles. The van der Waals surface area contributed by atoms with Crippen LogP contribution in [0.25, 0.3) is 11.0 Å². The Balaban J connectivity index is 2.40. The van der Waals surface area contributed by atoms with Crippen molar-refractivity contribution in [3.05, 3.63) is 28.0 Å². The van der Waals surface area contributed by atoms with Crippen molar-refractivity contribution < 1.29 is 0 Å². The van der Waals surface area contributed by atoms with E-state index < -0.39 is 0 Å². The highest BCUT2D eigenvalue weighted by Gasteiger charge is 2.09. The second-order valence-corrected chi connectivity index (χ2v) is 5.09. The van der Waals surface area contributed by atoms with Crippen molar-refractivity contribution in [2.24, 2.45) is 5.73 Å². The lowest BCUT2D eigenvalue weighted by Gasteiger charge is -2.04. The molecule has 0 fully saturated rings. The minimum atomic E-state index is 0.185. The summed E-state index contributed by atoms with van der Waals surface area (Å²) < 4.78 is 1.08. The number of aryl methyl sites for hydroxylation is 1. The number of nitrogens with zero attached hydrogens (tertiary/aromatic N) is 1. The number of hydrogen-bond donors (Lipinski definition) is 2. The molecule has 3 nitrogen and oxygen atoms in total. The molecule has 0 spiro atoms. The van der Waals surface area contributed by atoms with Gasteiger partial charge in [-0.25, -0.2) is 4.98 Å². The lowest BCUT2D eigenvalue weighted by Crippen LogP contribution is -2.21. The topological polar surface area (TPSA) is 54.7 Å². The number of rotatable bonds is 3. The largest absolute Gasteiger partial charge is 0.342 e. The summed E-state index contributed by atoms with van der Waals surface area (Å²) in [5, 5.41) is 0. The molecule has 0 saturated carbocycles. The molecule has 4 heteroatoms. The van der Waals surface area contributed by atoms with Crippen molar-refractivity contribution in [1.29, 1.82) is 0 Å². The van der Waals surface area contributed by atoms with Crippen molar-refractivity contribution >= 4 is 27.0 Å². The molecule has 0 saturated heterocycles. The number of imidazole rings is 1. The predicted molar refractivity (Wildman–Crippen MR) is 70.5 cm³/mol. The van der Waals surface area contributed by atoms with E-state index in [1.807, 2.05) is 0 Å². The molecule has 1 unspecified atom stereocenters. The van der Waals surface area contributed by atoms with Crippen molar-refractivity contribution in [1.82, 2.24) is 9.97 Å². The summed E-state index contributed by atoms with van der Waals surface area (Å²) in [6.45, 7) is 4.16. The number of fused-ring (bicyclic) bond motifs is 1. The van der Waals surface area contributed by atoms with Gasteiger partial charge in [0.05, 0.1) is 11.0 Å². The van der Waals surface area contributed by atoms with Crippen LogP contribution in [0, 0.1) is 6.92 Å². The monoisotopic (exact) mass is 281 g/mol. The van der Waals surface area contributed by atoms with Crippen LogP contribution in [0.3, 0.4) is 0 Å². The van der Waals surface area contributed by atoms with Gasteiger partial charge in [-0.2, -0.15) is 0 Å². The molecular formula is C12H16BrN3. The molecule has 0 amide bonds. The minimum absolute atomic E-state index is 0.185. The number of H-pyrrole nitrogens is 1. The minimum Gasteiger partial charge on any atom is -0.342 e. The summed E-state index contributed by atoms with van der Waals surface area (Å²) in [5.74, 6) is 0.977. The van der Waals surface area contributed by atoms with Crippen LogP contribution in [-0.4, -0.2) is 16.0 Å². The second kappa shape index (κ2) is 4.55. The Morgan fingerprint density at radius 3 is 2.94 bits per heavy atom. The van der Waals surface area contributed by atoms with E-state index in [0.29, 0.717) is 0 Å². The summed E-state index contributed by atoms with van der Waals surface area (Å²) in [4.78, 5) is 7.91. The Kier molecular flexibility index (Phi) is 3.30. The Morgan fingerprint density at radius 1 is 1.50 bits per heavy atom. The van der Waals surface area contributed by atoms with Crippen LogP contribution in [0.4, 0.5) is 0 Å². The van der Waals surface area contributed by atoms with E-state index in [4.69, 9.17) is 5.73 Å². The van der Waals surface area contributed by atoms with Gasteiger partial charge in [-0.1, -0.05) is 22.9 Å². The predicted octanol–water partition coefficient (Wildman–Crippen LogP) is 2.91. The van der Waals surface area contributed by atoms with Crippen LogP contribution in [-0.2, 0) is 6.42 Å². The molecule has 16 heavy (non-hydrogen) atoms. The van der Waals surface area contributed by atoms with E-state index >= 15 is 0 Å². The van der Waals surface area contributed by atoms with Gasteiger partial charge in [-0.05, 0) is 31.0 Å². The third kappa shape index (κ3) is 2.28. The first-order chi connectivity index (χ1) is 7.60. The number of nitrogens with one attached hydrogen (secondary N) is 1. The van der Waals surface area contributed by atoms with Gasteiger partial charge in [0, 0.05) is 16.9 Å². The van der Waals surface area contributed by atoms with Crippen molar-refractivity contribution in [2.45, 2.75) is 32.7 Å². The summed E-state index contributed by atoms with van der Waals surface area (Å²) in [6.07, 6.45) is 1.78. The molecule has 3 N–H and O–H groups in total. The fourth-order valence-corrected chi connectivity index (χ4v) is 2.36. The second-order valence-electron chi connectivity index (χ2n) is 4.17. The molecule has 0 aliphatic rings. The Morgan fingerprint density at radius 2 is 2.25 bits per heavy atom. The van der Waals surface area contributed by atoms with Crippen LogP contribution in [0.5, 0.6) is 0 Å². The van der Waals surface area contributed by atoms with Crippen LogP contribution < -0.4 is 5.73 Å². The maximum Gasteiger partial charge on any atom is 0.108 e. The third-order valence-corrected chi connectivity index (χ3v) is 3.23. The quantitative estimate of drug-likeness (QED) is 0.909. The maximum absolute atomic E-state index is 5.93. The summed E-state index contributed by atoms with van der Waals surface area (Å²) in [7, 11) is 0. The van der Waals surface area contributed by atoms with E-state index in [-0.39, 0.29) is 6.04 Å². The van der Waals surface area contributed by atoms with E-state index in [0.717, 1.165) is 34.2 Å². The number of hydrogen-bond acceptors (Lipinski definition) is 2. The van der Waals surface area contributed by atoms with Crippen molar-refractivity contribution in [3.63, 3.8) is 0 Å². The fourth-order valence-electron chi connectivity index (χ4n) is 1.79.